The van der Waals surface area contributed by atoms with Crippen molar-refractivity contribution in [1.29, 1.82) is 0 Å². The summed E-state index contributed by atoms with van der Waals surface area (Å²) in [7, 11) is 0. The zero-order valence-corrected chi connectivity index (χ0v) is 13.3. The van der Waals surface area contributed by atoms with E-state index in [-0.39, 0.29) is 0 Å². The molecule has 2 unspecified atom stereocenters. The molecular formula is C15H21BrOS. The van der Waals surface area contributed by atoms with Gasteiger partial charge in [-0.2, -0.15) is 11.8 Å². The molecule has 0 amide bonds. The first kappa shape index (κ1) is 14.3. The Bertz CT molecular complexity index is 369. The molecule has 100 valence electrons. The third kappa shape index (κ3) is 4.85. The van der Waals surface area contributed by atoms with E-state index in [9.17, 15) is 0 Å². The van der Waals surface area contributed by atoms with Crippen molar-refractivity contribution < 1.29 is 4.74 Å². The van der Waals surface area contributed by atoms with Gasteiger partial charge in [-0.15, -0.1) is 0 Å². The molecule has 0 heterocycles. The Kier molecular flexibility index (Phi) is 5.90. The van der Waals surface area contributed by atoms with Crippen molar-refractivity contribution >= 4 is 27.7 Å². The van der Waals surface area contributed by atoms with E-state index in [1.807, 2.05) is 24.3 Å². The predicted molar refractivity (Wildman–Crippen MR) is 83.5 cm³/mol. The molecule has 0 aliphatic heterocycles. The summed E-state index contributed by atoms with van der Waals surface area (Å²) >= 11 is 5.54. The zero-order chi connectivity index (χ0) is 12.8. The highest BCUT2D eigenvalue weighted by atomic mass is 79.9. The topological polar surface area (TPSA) is 9.23 Å². The van der Waals surface area contributed by atoms with Gasteiger partial charge in [-0.25, -0.2) is 0 Å². The molecule has 0 saturated heterocycles. The van der Waals surface area contributed by atoms with Gasteiger partial charge < -0.3 is 4.74 Å². The lowest BCUT2D eigenvalue weighted by Crippen LogP contribution is -2.16. The van der Waals surface area contributed by atoms with Crippen molar-refractivity contribution in [1.82, 2.24) is 0 Å². The molecule has 2 rings (SSSR count). The number of halogens is 1. The maximum Gasteiger partial charge on any atom is 0.120 e. The average Bonchev–Trinajstić information content (AvgIpc) is 2.35. The molecule has 0 bridgehead atoms. The van der Waals surface area contributed by atoms with E-state index in [4.69, 9.17) is 4.74 Å². The Labute approximate surface area is 123 Å². The van der Waals surface area contributed by atoms with Crippen LogP contribution in [0.25, 0.3) is 0 Å². The van der Waals surface area contributed by atoms with Crippen LogP contribution in [0.4, 0.5) is 0 Å². The second kappa shape index (κ2) is 7.44. The second-order valence-electron chi connectivity index (χ2n) is 5.07. The van der Waals surface area contributed by atoms with Gasteiger partial charge in [-0.1, -0.05) is 41.8 Å². The average molecular weight is 329 g/mol. The molecule has 1 aliphatic rings. The van der Waals surface area contributed by atoms with Crippen molar-refractivity contribution in [3.63, 3.8) is 0 Å². The largest absolute Gasteiger partial charge is 0.493 e. The summed E-state index contributed by atoms with van der Waals surface area (Å²) in [6.45, 7) is 3.19. The van der Waals surface area contributed by atoms with Crippen molar-refractivity contribution in [2.24, 2.45) is 5.92 Å². The van der Waals surface area contributed by atoms with Gasteiger partial charge in [0.25, 0.3) is 0 Å². The lowest BCUT2D eigenvalue weighted by molar-refractivity contribution is 0.342. The van der Waals surface area contributed by atoms with Crippen LogP contribution in [-0.2, 0) is 0 Å². The molecule has 0 aromatic heterocycles. The number of hydrogen-bond donors (Lipinski definition) is 0. The molecule has 1 fully saturated rings. The molecule has 1 aromatic rings. The van der Waals surface area contributed by atoms with Gasteiger partial charge in [-0.05, 0) is 37.0 Å². The second-order valence-corrected chi connectivity index (χ2v) is 7.39. The van der Waals surface area contributed by atoms with Crippen LogP contribution in [0, 0.1) is 5.92 Å². The maximum absolute atomic E-state index is 5.75. The Morgan fingerprint density at radius 2 is 2.28 bits per heavy atom. The summed E-state index contributed by atoms with van der Waals surface area (Å²) in [6.07, 6.45) is 5.62. The highest BCUT2D eigenvalue weighted by Crippen LogP contribution is 2.31. The molecule has 1 nitrogen and oxygen atoms in total. The lowest BCUT2D eigenvalue weighted by atomic mass is 9.91. The third-order valence-corrected chi connectivity index (χ3v) is 5.19. The SMILES string of the molecule is CC1CCCC(SCCOc2cccc(Br)c2)C1. The number of hydrogen-bond acceptors (Lipinski definition) is 2. The summed E-state index contributed by atoms with van der Waals surface area (Å²) in [4.78, 5) is 0. The van der Waals surface area contributed by atoms with Crippen LogP contribution in [0.1, 0.15) is 32.6 Å². The minimum absolute atomic E-state index is 0.812. The number of benzene rings is 1. The van der Waals surface area contributed by atoms with Gasteiger partial charge in [0, 0.05) is 15.5 Å². The first-order chi connectivity index (χ1) is 8.74. The maximum atomic E-state index is 5.75. The molecule has 18 heavy (non-hydrogen) atoms. The van der Waals surface area contributed by atoms with Crippen molar-refractivity contribution in [3.8, 4) is 5.75 Å². The molecule has 1 aliphatic carbocycles. The van der Waals surface area contributed by atoms with Gasteiger partial charge in [0.1, 0.15) is 5.75 Å². The summed E-state index contributed by atoms with van der Waals surface area (Å²) in [6, 6.07) is 8.06. The van der Waals surface area contributed by atoms with E-state index in [0.717, 1.165) is 33.7 Å². The quantitative estimate of drug-likeness (QED) is 0.692. The number of thioether (sulfide) groups is 1. The zero-order valence-electron chi connectivity index (χ0n) is 10.9. The van der Waals surface area contributed by atoms with E-state index < -0.39 is 0 Å². The van der Waals surface area contributed by atoms with Gasteiger partial charge in [-0.3, -0.25) is 0 Å². The fourth-order valence-corrected chi connectivity index (χ4v) is 4.15. The van der Waals surface area contributed by atoms with Crippen LogP contribution in [0.15, 0.2) is 28.7 Å². The fourth-order valence-electron chi connectivity index (χ4n) is 2.46. The monoisotopic (exact) mass is 328 g/mol. The standard InChI is InChI=1S/C15H21BrOS/c1-12-4-2-7-15(10-12)18-9-8-17-14-6-3-5-13(16)11-14/h3,5-6,11-12,15H,2,4,7-10H2,1H3. The van der Waals surface area contributed by atoms with E-state index in [1.165, 1.54) is 25.7 Å². The Balaban J connectivity index is 1.64. The van der Waals surface area contributed by atoms with Crippen LogP contribution < -0.4 is 4.74 Å². The van der Waals surface area contributed by atoms with E-state index in [2.05, 4.69) is 34.6 Å². The summed E-state index contributed by atoms with van der Waals surface area (Å²) in [5.74, 6) is 2.98. The van der Waals surface area contributed by atoms with Crippen molar-refractivity contribution in [2.45, 2.75) is 37.9 Å². The molecule has 1 aromatic carbocycles. The molecule has 0 radical (unpaired) electrons. The van der Waals surface area contributed by atoms with E-state index in [0.29, 0.717) is 0 Å². The van der Waals surface area contributed by atoms with Crippen LogP contribution in [-0.4, -0.2) is 17.6 Å². The molecule has 0 spiro atoms. The van der Waals surface area contributed by atoms with Crippen molar-refractivity contribution in [2.75, 3.05) is 12.4 Å². The predicted octanol–water partition coefficient (Wildman–Crippen LogP) is 5.14. The number of ether oxygens (including phenoxy) is 1. The fraction of sp³-hybridized carbons (Fsp3) is 0.600. The molecule has 0 N–H and O–H groups in total. The normalized spacial score (nSPS) is 23.9. The summed E-state index contributed by atoms with van der Waals surface area (Å²) < 4.78 is 6.83. The van der Waals surface area contributed by atoms with Crippen LogP contribution in [0.2, 0.25) is 0 Å². The minimum Gasteiger partial charge on any atom is -0.493 e. The first-order valence-corrected chi connectivity index (χ1v) is 8.58. The highest BCUT2D eigenvalue weighted by Gasteiger charge is 2.18. The first-order valence-electron chi connectivity index (χ1n) is 6.74. The van der Waals surface area contributed by atoms with Crippen LogP contribution in [0.5, 0.6) is 5.75 Å². The Morgan fingerprint density at radius 3 is 3.06 bits per heavy atom. The molecular weight excluding hydrogens is 308 g/mol. The molecule has 1 saturated carbocycles. The van der Waals surface area contributed by atoms with Crippen LogP contribution >= 0.6 is 27.7 Å². The van der Waals surface area contributed by atoms with E-state index in [1.54, 1.807) is 0 Å². The van der Waals surface area contributed by atoms with E-state index >= 15 is 0 Å². The minimum atomic E-state index is 0.812. The highest BCUT2D eigenvalue weighted by molar-refractivity contribution is 9.10. The Morgan fingerprint density at radius 1 is 1.39 bits per heavy atom. The summed E-state index contributed by atoms with van der Waals surface area (Å²) in [5, 5.41) is 0.861. The van der Waals surface area contributed by atoms with Crippen molar-refractivity contribution in [3.05, 3.63) is 28.7 Å². The molecule has 3 heteroatoms. The lowest BCUT2D eigenvalue weighted by Gasteiger charge is -2.26. The van der Waals surface area contributed by atoms with Gasteiger partial charge in [0.15, 0.2) is 0 Å². The van der Waals surface area contributed by atoms with Gasteiger partial charge >= 0.3 is 0 Å². The number of rotatable bonds is 5. The van der Waals surface area contributed by atoms with Crippen LogP contribution in [0.3, 0.4) is 0 Å². The molecule has 2 atom stereocenters. The van der Waals surface area contributed by atoms with Gasteiger partial charge in [0.2, 0.25) is 0 Å². The van der Waals surface area contributed by atoms with Gasteiger partial charge in [0.05, 0.1) is 6.61 Å². The summed E-state index contributed by atoms with van der Waals surface area (Å²) in [5.41, 5.74) is 0. The Hall–Kier alpha value is -0.150. The smallest absolute Gasteiger partial charge is 0.120 e. The third-order valence-electron chi connectivity index (χ3n) is 3.39.